The molecule has 149 valence electrons. The topological polar surface area (TPSA) is 101 Å². The van der Waals surface area contributed by atoms with E-state index in [9.17, 15) is 17.8 Å². The fraction of sp³-hybridized carbons (Fsp3) is 0.889. The Balaban J connectivity index is 3.74. The predicted molar refractivity (Wildman–Crippen MR) is 98.7 cm³/mol. The van der Waals surface area contributed by atoms with Gasteiger partial charge in [-0.1, -0.05) is 71.1 Å². The molecule has 0 aliphatic carbocycles. The summed E-state index contributed by atoms with van der Waals surface area (Å²) in [4.78, 5) is 14.3. The maximum Gasteiger partial charge on any atom is 0.342 e. The van der Waals surface area contributed by atoms with Crippen LogP contribution in [-0.2, 0) is 19.8 Å². The predicted octanol–water partition coefficient (Wildman–Crippen LogP) is 4.94. The normalized spacial score (nSPS) is 12.9. The first-order valence-corrected chi connectivity index (χ1v) is 11.0. The van der Waals surface area contributed by atoms with E-state index < -0.39 is 21.3 Å². The van der Waals surface area contributed by atoms with Crippen LogP contribution in [0.4, 0.5) is 0 Å². The van der Waals surface area contributed by atoms with Crippen molar-refractivity contribution in [2.45, 2.75) is 102 Å². The van der Waals surface area contributed by atoms with Crippen LogP contribution in [0.5, 0.6) is 0 Å². The molecule has 0 saturated heterocycles. The van der Waals surface area contributed by atoms with Gasteiger partial charge in [0.2, 0.25) is 0 Å². The lowest BCUT2D eigenvalue weighted by Gasteiger charge is -2.13. The zero-order valence-electron chi connectivity index (χ0n) is 15.5. The zero-order valence-corrected chi connectivity index (χ0v) is 16.3. The van der Waals surface area contributed by atoms with Gasteiger partial charge in [-0.15, -0.1) is 0 Å². The highest BCUT2D eigenvalue weighted by Crippen LogP contribution is 2.18. The Hall–Kier alpha value is -0.660. The fourth-order valence-corrected chi connectivity index (χ4v) is 3.65. The molecular weight excluding hydrogens is 344 g/mol. The van der Waals surface area contributed by atoms with E-state index in [1.165, 1.54) is 19.3 Å². The number of carbonyl (C=O) groups is 1. The SMILES string of the molecule is CCCCCCCCC(C[CH]CCCCCCC(=O)OO)S(=O)(=O)O. The molecule has 0 heterocycles. The third kappa shape index (κ3) is 15.3. The van der Waals surface area contributed by atoms with Crippen molar-refractivity contribution in [3.05, 3.63) is 6.42 Å². The minimum atomic E-state index is -3.98. The molecule has 0 aliphatic heterocycles. The molecular formula is C18H35O6S. The second kappa shape index (κ2) is 15.6. The Kier molecular flexibility index (Phi) is 15.2. The second-order valence-electron chi connectivity index (χ2n) is 6.63. The number of carbonyl (C=O) groups excluding carboxylic acids is 1. The van der Waals surface area contributed by atoms with E-state index in [2.05, 4.69) is 11.8 Å². The average Bonchev–Trinajstić information content (AvgIpc) is 2.56. The summed E-state index contributed by atoms with van der Waals surface area (Å²) in [7, 11) is -3.98. The maximum atomic E-state index is 11.5. The van der Waals surface area contributed by atoms with E-state index in [0.717, 1.165) is 44.9 Å². The highest BCUT2D eigenvalue weighted by Gasteiger charge is 2.21. The van der Waals surface area contributed by atoms with Crippen LogP contribution >= 0.6 is 0 Å². The van der Waals surface area contributed by atoms with Gasteiger partial charge in [-0.3, -0.25) is 4.55 Å². The first-order chi connectivity index (χ1) is 11.9. The number of hydrogen-bond donors (Lipinski definition) is 2. The Labute approximate surface area is 153 Å². The minimum Gasteiger partial charge on any atom is -0.301 e. The summed E-state index contributed by atoms with van der Waals surface area (Å²) in [6.45, 7) is 2.16. The van der Waals surface area contributed by atoms with Crippen LogP contribution < -0.4 is 0 Å². The van der Waals surface area contributed by atoms with Crippen LogP contribution in [0.15, 0.2) is 0 Å². The largest absolute Gasteiger partial charge is 0.342 e. The summed E-state index contributed by atoms with van der Waals surface area (Å²) in [6.07, 6.45) is 13.8. The number of rotatable bonds is 17. The molecule has 0 aliphatic rings. The molecule has 0 fully saturated rings. The molecule has 0 bridgehead atoms. The van der Waals surface area contributed by atoms with Gasteiger partial charge in [-0.05, 0) is 25.7 Å². The van der Waals surface area contributed by atoms with Gasteiger partial charge >= 0.3 is 5.97 Å². The van der Waals surface area contributed by atoms with Crippen LogP contribution in [-0.4, -0.2) is 29.4 Å². The summed E-state index contributed by atoms with van der Waals surface area (Å²) in [6, 6.07) is 0. The van der Waals surface area contributed by atoms with Crippen molar-refractivity contribution in [1.29, 1.82) is 0 Å². The molecule has 6 nitrogen and oxygen atoms in total. The second-order valence-corrected chi connectivity index (χ2v) is 8.33. The van der Waals surface area contributed by atoms with Crippen LogP contribution in [0.25, 0.3) is 0 Å². The van der Waals surface area contributed by atoms with Crippen molar-refractivity contribution in [2.24, 2.45) is 0 Å². The van der Waals surface area contributed by atoms with Crippen molar-refractivity contribution < 1.29 is 27.9 Å². The Morgan fingerprint density at radius 1 is 1.00 bits per heavy atom. The zero-order chi connectivity index (χ0) is 19.0. The molecule has 0 aromatic rings. The van der Waals surface area contributed by atoms with Gasteiger partial charge in [0.05, 0.1) is 5.25 Å². The summed E-state index contributed by atoms with van der Waals surface area (Å²) < 4.78 is 32.3. The Morgan fingerprint density at radius 3 is 2.24 bits per heavy atom. The van der Waals surface area contributed by atoms with E-state index >= 15 is 0 Å². The van der Waals surface area contributed by atoms with Crippen molar-refractivity contribution in [3.63, 3.8) is 0 Å². The van der Waals surface area contributed by atoms with E-state index in [1.54, 1.807) is 0 Å². The maximum absolute atomic E-state index is 11.5. The van der Waals surface area contributed by atoms with Crippen LogP contribution in [0, 0.1) is 6.42 Å². The molecule has 0 amide bonds. The smallest absolute Gasteiger partial charge is 0.301 e. The van der Waals surface area contributed by atoms with Gasteiger partial charge in [-0.2, -0.15) is 13.7 Å². The van der Waals surface area contributed by atoms with Gasteiger partial charge in [0.25, 0.3) is 10.1 Å². The number of unbranched alkanes of at least 4 members (excludes halogenated alkanes) is 10. The monoisotopic (exact) mass is 379 g/mol. The van der Waals surface area contributed by atoms with Crippen molar-refractivity contribution in [2.75, 3.05) is 0 Å². The lowest BCUT2D eigenvalue weighted by atomic mass is 10.0. The summed E-state index contributed by atoms with van der Waals surface area (Å²) in [5.74, 6) is -0.614. The molecule has 1 unspecified atom stereocenters. The average molecular weight is 380 g/mol. The Bertz CT molecular complexity index is 421. The lowest BCUT2D eigenvalue weighted by molar-refractivity contribution is -0.234. The summed E-state index contributed by atoms with van der Waals surface area (Å²) in [5, 5.41) is 7.43. The minimum absolute atomic E-state index is 0.212. The summed E-state index contributed by atoms with van der Waals surface area (Å²) in [5.41, 5.74) is 0. The third-order valence-corrected chi connectivity index (χ3v) is 5.64. The first kappa shape index (κ1) is 24.3. The highest BCUT2D eigenvalue weighted by molar-refractivity contribution is 7.86. The number of hydrogen-bond acceptors (Lipinski definition) is 5. The standard InChI is InChI=1S/C18H35O6S/c1-2-3-4-5-8-11-14-17(25(21,22)23)15-12-9-6-7-10-13-16-18(19)24-20/h12,17,20H,2-11,13-16H2,1H3,(H,21,22,23). The first-order valence-electron chi connectivity index (χ1n) is 9.54. The third-order valence-electron chi connectivity index (χ3n) is 4.37. The molecule has 0 saturated carbocycles. The van der Waals surface area contributed by atoms with Gasteiger partial charge in [0.1, 0.15) is 0 Å². The fourth-order valence-electron chi connectivity index (χ4n) is 2.80. The molecule has 0 aromatic heterocycles. The molecule has 0 aromatic carbocycles. The van der Waals surface area contributed by atoms with Crippen molar-refractivity contribution in [3.8, 4) is 0 Å². The molecule has 0 spiro atoms. The van der Waals surface area contributed by atoms with Gasteiger partial charge in [0, 0.05) is 6.42 Å². The van der Waals surface area contributed by atoms with E-state index in [1.807, 2.05) is 6.42 Å². The van der Waals surface area contributed by atoms with Crippen molar-refractivity contribution in [1.82, 2.24) is 0 Å². The molecule has 1 radical (unpaired) electrons. The highest BCUT2D eigenvalue weighted by atomic mass is 32.2. The lowest BCUT2D eigenvalue weighted by Crippen LogP contribution is -2.20. The van der Waals surface area contributed by atoms with Crippen molar-refractivity contribution >= 4 is 16.1 Å². The van der Waals surface area contributed by atoms with Crippen LogP contribution in [0.3, 0.4) is 0 Å². The van der Waals surface area contributed by atoms with E-state index in [4.69, 9.17) is 5.26 Å². The van der Waals surface area contributed by atoms with Crippen LogP contribution in [0.1, 0.15) is 96.8 Å². The molecule has 0 rings (SSSR count). The van der Waals surface area contributed by atoms with Gasteiger partial charge < -0.3 is 4.89 Å². The van der Waals surface area contributed by atoms with Crippen LogP contribution in [0.2, 0.25) is 0 Å². The summed E-state index contributed by atoms with van der Waals surface area (Å²) >= 11 is 0. The van der Waals surface area contributed by atoms with Gasteiger partial charge in [-0.25, -0.2) is 4.79 Å². The molecule has 25 heavy (non-hydrogen) atoms. The van der Waals surface area contributed by atoms with Gasteiger partial charge in [0.15, 0.2) is 0 Å². The Morgan fingerprint density at radius 2 is 1.60 bits per heavy atom. The van der Waals surface area contributed by atoms with E-state index in [0.29, 0.717) is 19.3 Å². The quantitative estimate of drug-likeness (QED) is 0.161. The molecule has 2 N–H and O–H groups in total. The molecule has 1 atom stereocenters. The van der Waals surface area contributed by atoms with E-state index in [-0.39, 0.29) is 6.42 Å². The molecule has 7 heteroatoms.